The minimum absolute atomic E-state index is 0.192. The SMILES string of the molecule is COC(=O)CCc1cccc(CCC(=O)OC(C)(C)C)c1. The van der Waals surface area contributed by atoms with E-state index in [-0.39, 0.29) is 11.9 Å². The minimum Gasteiger partial charge on any atom is -0.469 e. The zero-order chi connectivity index (χ0) is 15.9. The molecule has 4 nitrogen and oxygen atoms in total. The van der Waals surface area contributed by atoms with Crippen LogP contribution in [0.4, 0.5) is 0 Å². The molecule has 0 aliphatic carbocycles. The molecule has 0 aliphatic heterocycles. The summed E-state index contributed by atoms with van der Waals surface area (Å²) in [5, 5.41) is 0. The standard InChI is InChI=1S/C17H24O4/c1-17(2,3)21-16(19)11-9-14-7-5-6-13(12-14)8-10-15(18)20-4/h5-7,12H,8-11H2,1-4H3. The third kappa shape index (κ3) is 7.49. The molecule has 0 aliphatic rings. The van der Waals surface area contributed by atoms with Gasteiger partial charge in [-0.2, -0.15) is 0 Å². The highest BCUT2D eigenvalue weighted by atomic mass is 16.6. The first-order valence-electron chi connectivity index (χ1n) is 7.16. The van der Waals surface area contributed by atoms with Gasteiger partial charge in [0.15, 0.2) is 0 Å². The van der Waals surface area contributed by atoms with Gasteiger partial charge in [0.2, 0.25) is 0 Å². The summed E-state index contributed by atoms with van der Waals surface area (Å²) in [6.45, 7) is 5.58. The van der Waals surface area contributed by atoms with E-state index in [1.54, 1.807) is 0 Å². The Balaban J connectivity index is 2.49. The van der Waals surface area contributed by atoms with E-state index in [1.165, 1.54) is 7.11 Å². The molecule has 1 aromatic rings. The summed E-state index contributed by atoms with van der Waals surface area (Å²) < 4.78 is 9.91. The van der Waals surface area contributed by atoms with Crippen LogP contribution in [0.25, 0.3) is 0 Å². The molecule has 0 aromatic heterocycles. The normalized spacial score (nSPS) is 11.0. The Kier molecular flexibility index (Phi) is 6.40. The van der Waals surface area contributed by atoms with Crippen molar-refractivity contribution in [3.05, 3.63) is 35.4 Å². The number of rotatable bonds is 6. The van der Waals surface area contributed by atoms with Crippen molar-refractivity contribution in [3.63, 3.8) is 0 Å². The molecule has 1 rings (SSSR count). The molecule has 116 valence electrons. The summed E-state index contributed by atoms with van der Waals surface area (Å²) in [6.07, 6.45) is 2.01. The van der Waals surface area contributed by atoms with Crippen molar-refractivity contribution in [2.24, 2.45) is 0 Å². The number of methoxy groups -OCH3 is 1. The number of benzene rings is 1. The Labute approximate surface area is 126 Å². The van der Waals surface area contributed by atoms with Crippen molar-refractivity contribution < 1.29 is 19.1 Å². The number of hydrogen-bond acceptors (Lipinski definition) is 4. The van der Waals surface area contributed by atoms with Crippen LogP contribution < -0.4 is 0 Å². The van der Waals surface area contributed by atoms with E-state index in [0.29, 0.717) is 25.7 Å². The molecule has 4 heteroatoms. The summed E-state index contributed by atoms with van der Waals surface area (Å²) >= 11 is 0. The fourth-order valence-corrected chi connectivity index (χ4v) is 1.93. The second-order valence-corrected chi connectivity index (χ2v) is 5.98. The van der Waals surface area contributed by atoms with E-state index < -0.39 is 5.60 Å². The quantitative estimate of drug-likeness (QED) is 0.756. The zero-order valence-electron chi connectivity index (χ0n) is 13.3. The second kappa shape index (κ2) is 7.81. The fourth-order valence-electron chi connectivity index (χ4n) is 1.93. The van der Waals surface area contributed by atoms with Gasteiger partial charge in [-0.05, 0) is 44.7 Å². The van der Waals surface area contributed by atoms with Crippen molar-refractivity contribution in [1.29, 1.82) is 0 Å². The van der Waals surface area contributed by atoms with E-state index in [2.05, 4.69) is 4.74 Å². The lowest BCUT2D eigenvalue weighted by atomic mass is 10.0. The molecule has 0 bridgehead atoms. The van der Waals surface area contributed by atoms with Gasteiger partial charge < -0.3 is 9.47 Å². The molecule has 0 atom stereocenters. The molecule has 1 aromatic carbocycles. The van der Waals surface area contributed by atoms with Crippen molar-refractivity contribution in [2.45, 2.75) is 52.1 Å². The van der Waals surface area contributed by atoms with E-state index in [0.717, 1.165) is 11.1 Å². The predicted molar refractivity (Wildman–Crippen MR) is 80.9 cm³/mol. The first-order chi connectivity index (χ1) is 9.80. The highest BCUT2D eigenvalue weighted by Crippen LogP contribution is 2.13. The van der Waals surface area contributed by atoms with E-state index >= 15 is 0 Å². The molecule has 0 N–H and O–H groups in total. The average Bonchev–Trinajstić information content (AvgIpc) is 2.41. The van der Waals surface area contributed by atoms with E-state index in [4.69, 9.17) is 4.74 Å². The predicted octanol–water partition coefficient (Wildman–Crippen LogP) is 3.07. The molecule has 0 unspecified atom stereocenters. The summed E-state index contributed by atoms with van der Waals surface area (Å²) in [7, 11) is 1.39. The number of aryl methyl sites for hydroxylation is 2. The Bertz CT molecular complexity index is 486. The smallest absolute Gasteiger partial charge is 0.306 e. The maximum atomic E-state index is 11.7. The van der Waals surface area contributed by atoms with E-state index in [9.17, 15) is 9.59 Å². The summed E-state index contributed by atoms with van der Waals surface area (Å²) in [5.41, 5.74) is 1.70. The third-order valence-electron chi connectivity index (χ3n) is 2.87. The molecule has 0 saturated heterocycles. The molecule has 0 spiro atoms. The van der Waals surface area contributed by atoms with Crippen LogP contribution in [0.15, 0.2) is 24.3 Å². The molecule has 0 fully saturated rings. The summed E-state index contributed by atoms with van der Waals surface area (Å²) in [4.78, 5) is 22.8. The number of hydrogen-bond donors (Lipinski definition) is 0. The van der Waals surface area contributed by atoms with Crippen LogP contribution in [0.3, 0.4) is 0 Å². The van der Waals surface area contributed by atoms with Crippen LogP contribution in [0.5, 0.6) is 0 Å². The Hall–Kier alpha value is -1.84. The Morgan fingerprint density at radius 2 is 1.52 bits per heavy atom. The van der Waals surface area contributed by atoms with Gasteiger partial charge in [-0.25, -0.2) is 0 Å². The minimum atomic E-state index is -0.445. The monoisotopic (exact) mass is 292 g/mol. The van der Waals surface area contributed by atoms with Crippen LogP contribution in [0.2, 0.25) is 0 Å². The molecular weight excluding hydrogens is 268 g/mol. The number of carbonyl (C=O) groups excluding carboxylic acids is 2. The summed E-state index contributed by atoms with van der Waals surface area (Å²) in [6, 6.07) is 7.91. The van der Waals surface area contributed by atoms with Crippen molar-refractivity contribution in [3.8, 4) is 0 Å². The van der Waals surface area contributed by atoms with Crippen molar-refractivity contribution in [2.75, 3.05) is 7.11 Å². The molecule has 21 heavy (non-hydrogen) atoms. The zero-order valence-corrected chi connectivity index (χ0v) is 13.3. The van der Waals surface area contributed by atoms with Crippen LogP contribution >= 0.6 is 0 Å². The van der Waals surface area contributed by atoms with Gasteiger partial charge in [0.05, 0.1) is 7.11 Å². The molecule has 0 heterocycles. The lowest BCUT2D eigenvalue weighted by molar-refractivity contribution is -0.154. The van der Waals surface area contributed by atoms with Gasteiger partial charge in [-0.1, -0.05) is 24.3 Å². The maximum absolute atomic E-state index is 11.7. The number of ether oxygens (including phenoxy) is 2. The van der Waals surface area contributed by atoms with Gasteiger partial charge >= 0.3 is 11.9 Å². The first-order valence-corrected chi connectivity index (χ1v) is 7.16. The van der Waals surface area contributed by atoms with Crippen LogP contribution in [0.1, 0.15) is 44.7 Å². The second-order valence-electron chi connectivity index (χ2n) is 5.98. The lowest BCUT2D eigenvalue weighted by Crippen LogP contribution is -2.24. The highest BCUT2D eigenvalue weighted by molar-refractivity contribution is 5.70. The number of esters is 2. The average molecular weight is 292 g/mol. The maximum Gasteiger partial charge on any atom is 0.306 e. The molecule has 0 amide bonds. The van der Waals surface area contributed by atoms with Gasteiger partial charge in [-0.3, -0.25) is 9.59 Å². The highest BCUT2D eigenvalue weighted by Gasteiger charge is 2.15. The van der Waals surface area contributed by atoms with Crippen LogP contribution in [-0.2, 0) is 31.9 Å². The van der Waals surface area contributed by atoms with E-state index in [1.807, 2.05) is 45.0 Å². The summed E-state index contributed by atoms with van der Waals surface area (Å²) in [5.74, 6) is -0.406. The topological polar surface area (TPSA) is 52.6 Å². The molecule has 0 saturated carbocycles. The van der Waals surface area contributed by atoms with Gasteiger partial charge in [0, 0.05) is 12.8 Å². The Morgan fingerprint density at radius 3 is 2.00 bits per heavy atom. The Morgan fingerprint density at radius 1 is 1.00 bits per heavy atom. The molecule has 0 radical (unpaired) electrons. The fraction of sp³-hybridized carbons (Fsp3) is 0.529. The third-order valence-corrected chi connectivity index (χ3v) is 2.87. The first kappa shape index (κ1) is 17.2. The van der Waals surface area contributed by atoms with Gasteiger partial charge in [0.25, 0.3) is 0 Å². The van der Waals surface area contributed by atoms with Gasteiger partial charge in [0.1, 0.15) is 5.60 Å². The lowest BCUT2D eigenvalue weighted by Gasteiger charge is -2.19. The van der Waals surface area contributed by atoms with Crippen molar-refractivity contribution in [1.82, 2.24) is 0 Å². The largest absolute Gasteiger partial charge is 0.469 e. The number of carbonyl (C=O) groups is 2. The van der Waals surface area contributed by atoms with Gasteiger partial charge in [-0.15, -0.1) is 0 Å². The molecular formula is C17H24O4. The van der Waals surface area contributed by atoms with Crippen LogP contribution in [-0.4, -0.2) is 24.6 Å². The van der Waals surface area contributed by atoms with Crippen molar-refractivity contribution >= 4 is 11.9 Å². The van der Waals surface area contributed by atoms with Crippen LogP contribution in [0, 0.1) is 0 Å².